The van der Waals surface area contributed by atoms with Crippen LogP contribution >= 0.6 is 0 Å². The summed E-state index contributed by atoms with van der Waals surface area (Å²) >= 11 is 0. The summed E-state index contributed by atoms with van der Waals surface area (Å²) in [5.74, 6) is -9.51. The first-order chi connectivity index (χ1) is 10.5. The fraction of sp³-hybridized carbons (Fsp3) is 0.0588. The van der Waals surface area contributed by atoms with Crippen molar-refractivity contribution in [3.8, 4) is 0 Å². The maximum absolute atomic E-state index is 13.3. The number of hydrogen-bond acceptors (Lipinski definition) is 0. The van der Waals surface area contributed by atoms with Crippen LogP contribution in [0.2, 0.25) is 0 Å². The fourth-order valence-corrected chi connectivity index (χ4v) is 1.86. The topological polar surface area (TPSA) is 0 Å². The number of hydrogen-bond donors (Lipinski definition) is 0. The summed E-state index contributed by atoms with van der Waals surface area (Å²) in [6.07, 6.45) is -0.335. The molecule has 3 rings (SSSR count). The molecule has 0 heterocycles. The van der Waals surface area contributed by atoms with Gasteiger partial charge in [0.25, 0.3) is 0 Å². The zero-order valence-corrected chi connectivity index (χ0v) is 12.8. The molecule has 0 bridgehead atoms. The molecule has 0 atom stereocenters. The van der Waals surface area contributed by atoms with Crippen LogP contribution in [0.15, 0.2) is 54.6 Å². The summed E-state index contributed by atoms with van der Waals surface area (Å²) in [5.41, 5.74) is -0.333. The molecule has 0 spiro atoms. The Morgan fingerprint density at radius 1 is 0.696 bits per heavy atom. The third kappa shape index (κ3) is 4.53. The SMILES string of the molecule is Fc1c(F)c(F)c(C[c-]2cccc2)c(F)c1F.[Fe].c1cc[cH-]c1. The Labute approximate surface area is 140 Å². The molecule has 0 fully saturated rings. The number of benzene rings is 1. The van der Waals surface area contributed by atoms with Crippen LogP contribution in [0.3, 0.4) is 0 Å². The molecule has 0 N–H and O–H groups in total. The van der Waals surface area contributed by atoms with Gasteiger partial charge in [-0.3, -0.25) is 0 Å². The van der Waals surface area contributed by atoms with Crippen molar-refractivity contribution in [3.63, 3.8) is 0 Å². The summed E-state index contributed by atoms with van der Waals surface area (Å²) in [6.45, 7) is 0. The summed E-state index contributed by atoms with van der Waals surface area (Å²) in [4.78, 5) is 0. The second-order valence-electron chi connectivity index (χ2n) is 4.48. The van der Waals surface area contributed by atoms with Gasteiger partial charge in [0.05, 0.1) is 0 Å². The van der Waals surface area contributed by atoms with Crippen molar-refractivity contribution >= 4 is 0 Å². The van der Waals surface area contributed by atoms with Crippen molar-refractivity contribution in [1.82, 2.24) is 0 Å². The van der Waals surface area contributed by atoms with Gasteiger partial charge in [0.1, 0.15) is 0 Å². The van der Waals surface area contributed by atoms with Crippen LogP contribution in [0.25, 0.3) is 0 Å². The fourth-order valence-electron chi connectivity index (χ4n) is 1.86. The Morgan fingerprint density at radius 3 is 1.52 bits per heavy atom. The van der Waals surface area contributed by atoms with Crippen LogP contribution < -0.4 is 0 Å². The Bertz CT molecular complexity index is 672. The Hall–Kier alpha value is -1.91. The number of halogens is 5. The van der Waals surface area contributed by atoms with Gasteiger partial charge in [0, 0.05) is 22.6 Å². The van der Waals surface area contributed by atoms with Crippen molar-refractivity contribution in [2.45, 2.75) is 6.42 Å². The number of rotatable bonds is 2. The molecular formula is C17H11F5Fe-2. The summed E-state index contributed by atoms with van der Waals surface area (Å²) in [5, 5.41) is 0. The summed E-state index contributed by atoms with van der Waals surface area (Å²) in [7, 11) is 0. The van der Waals surface area contributed by atoms with Crippen molar-refractivity contribution in [1.29, 1.82) is 0 Å². The van der Waals surface area contributed by atoms with Gasteiger partial charge in [-0.15, -0.1) is 0 Å². The average molecular weight is 366 g/mol. The molecule has 6 heteroatoms. The predicted octanol–water partition coefficient (Wildman–Crippen LogP) is 5.09. The maximum atomic E-state index is 13.3. The first-order valence-electron chi connectivity index (χ1n) is 6.40. The van der Waals surface area contributed by atoms with Crippen molar-refractivity contribution < 1.29 is 39.0 Å². The first-order valence-corrected chi connectivity index (χ1v) is 6.40. The van der Waals surface area contributed by atoms with Gasteiger partial charge in [-0.1, -0.05) is 0 Å². The zero-order valence-electron chi connectivity index (χ0n) is 11.6. The standard InChI is InChI=1S/C12H6F5.C5H5.Fe/c13-8-7(5-6-3-1-2-4-6)9(14)11(16)12(17)10(8)15;1-2-4-5-3-1;/h1-4H,5H2;1-5H;/q2*-1;. The molecule has 124 valence electrons. The third-order valence-electron chi connectivity index (χ3n) is 2.97. The van der Waals surface area contributed by atoms with Crippen molar-refractivity contribution in [2.75, 3.05) is 0 Å². The van der Waals surface area contributed by atoms with E-state index in [1.807, 2.05) is 30.3 Å². The normalized spacial score (nSPS) is 9.78. The molecule has 23 heavy (non-hydrogen) atoms. The molecule has 0 radical (unpaired) electrons. The molecule has 0 unspecified atom stereocenters. The van der Waals surface area contributed by atoms with E-state index < -0.39 is 34.6 Å². The summed E-state index contributed by atoms with van der Waals surface area (Å²) < 4.78 is 65.0. The van der Waals surface area contributed by atoms with Gasteiger partial charge in [-0.25, -0.2) is 46.2 Å². The van der Waals surface area contributed by atoms with Crippen LogP contribution in [0.4, 0.5) is 22.0 Å². The van der Waals surface area contributed by atoms with E-state index in [1.54, 1.807) is 12.1 Å². The van der Waals surface area contributed by atoms with Crippen LogP contribution in [-0.2, 0) is 23.5 Å². The molecule has 0 saturated carbocycles. The van der Waals surface area contributed by atoms with E-state index in [-0.39, 0.29) is 23.5 Å². The van der Waals surface area contributed by atoms with Crippen LogP contribution in [0.1, 0.15) is 11.1 Å². The molecule has 0 aromatic heterocycles. The van der Waals surface area contributed by atoms with Gasteiger partial charge in [-0.05, 0) is 6.42 Å². The Morgan fingerprint density at radius 2 is 1.13 bits per heavy atom. The second-order valence-corrected chi connectivity index (χ2v) is 4.48. The predicted molar refractivity (Wildman–Crippen MR) is 73.1 cm³/mol. The van der Waals surface area contributed by atoms with Crippen molar-refractivity contribution in [3.05, 3.63) is 94.8 Å². The van der Waals surface area contributed by atoms with Crippen LogP contribution in [-0.4, -0.2) is 0 Å². The van der Waals surface area contributed by atoms with E-state index >= 15 is 0 Å². The largest absolute Gasteiger partial charge is 0.214 e. The Balaban J connectivity index is 0.000000377. The smallest absolute Gasteiger partial charge is 0.200 e. The van der Waals surface area contributed by atoms with E-state index in [1.165, 1.54) is 12.1 Å². The summed E-state index contributed by atoms with van der Waals surface area (Å²) in [6, 6.07) is 16.3. The third-order valence-corrected chi connectivity index (χ3v) is 2.97. The molecular weight excluding hydrogens is 355 g/mol. The minimum Gasteiger partial charge on any atom is -0.214 e. The monoisotopic (exact) mass is 366 g/mol. The van der Waals surface area contributed by atoms with E-state index in [9.17, 15) is 22.0 Å². The van der Waals surface area contributed by atoms with E-state index in [0.717, 1.165) is 0 Å². The van der Waals surface area contributed by atoms with Gasteiger partial charge in [-0.2, -0.15) is 35.9 Å². The Kier molecular flexibility index (Phi) is 7.20. The maximum Gasteiger partial charge on any atom is 0.200 e. The zero-order chi connectivity index (χ0) is 16.1. The van der Waals surface area contributed by atoms with E-state index in [2.05, 4.69) is 0 Å². The van der Waals surface area contributed by atoms with E-state index in [4.69, 9.17) is 0 Å². The van der Waals surface area contributed by atoms with E-state index in [0.29, 0.717) is 5.56 Å². The minimum absolute atomic E-state index is 0. The van der Waals surface area contributed by atoms with Crippen molar-refractivity contribution in [2.24, 2.45) is 0 Å². The molecule has 0 aliphatic carbocycles. The molecule has 3 aromatic carbocycles. The second kappa shape index (κ2) is 8.65. The molecule has 0 aliphatic heterocycles. The molecule has 3 aromatic rings. The average Bonchev–Trinajstić information content (AvgIpc) is 3.23. The van der Waals surface area contributed by atoms with Gasteiger partial charge in [0.15, 0.2) is 23.3 Å². The molecule has 0 amide bonds. The molecule has 0 nitrogen and oxygen atoms in total. The molecule has 0 saturated heterocycles. The quantitative estimate of drug-likeness (QED) is 0.195. The van der Waals surface area contributed by atoms with Gasteiger partial charge < -0.3 is 0 Å². The minimum atomic E-state index is -2.13. The first kappa shape index (κ1) is 19.1. The van der Waals surface area contributed by atoms with Crippen LogP contribution in [0, 0.1) is 29.1 Å². The molecule has 0 aliphatic rings. The van der Waals surface area contributed by atoms with Gasteiger partial charge >= 0.3 is 0 Å². The van der Waals surface area contributed by atoms with Crippen LogP contribution in [0.5, 0.6) is 0 Å². The van der Waals surface area contributed by atoms with Gasteiger partial charge in [0.2, 0.25) is 5.82 Å².